The minimum Gasteiger partial charge on any atom is -0.478 e. The fourth-order valence-electron chi connectivity index (χ4n) is 3.52. The quantitative estimate of drug-likeness (QED) is 0.709. The Labute approximate surface area is 161 Å². The van der Waals surface area contributed by atoms with Crippen molar-refractivity contribution in [3.05, 3.63) is 89.2 Å². The number of alkyl carbamates (subject to hydrolysis) is 1. The molecule has 1 amide bonds. The van der Waals surface area contributed by atoms with Gasteiger partial charge in [-0.05, 0) is 34.4 Å². The van der Waals surface area contributed by atoms with Gasteiger partial charge in [0.15, 0.2) is 0 Å². The monoisotopic (exact) mass is 374 g/mol. The van der Waals surface area contributed by atoms with Crippen LogP contribution in [0.3, 0.4) is 0 Å². The van der Waals surface area contributed by atoms with E-state index in [0.29, 0.717) is 5.69 Å². The van der Waals surface area contributed by atoms with Crippen molar-refractivity contribution in [1.82, 2.24) is 10.3 Å². The van der Waals surface area contributed by atoms with Crippen LogP contribution in [0.2, 0.25) is 0 Å². The smallest absolute Gasteiger partial charge is 0.407 e. The summed E-state index contributed by atoms with van der Waals surface area (Å²) in [6, 6.07) is 19.1. The SMILES string of the molecule is O=C(NCc1cc(C(=O)O)ccn1)OCC1c2ccccc2-c2ccccc21. The Morgan fingerprint density at radius 1 is 1.00 bits per heavy atom. The fourth-order valence-corrected chi connectivity index (χ4v) is 3.52. The first kappa shape index (κ1) is 17.7. The lowest BCUT2D eigenvalue weighted by molar-refractivity contribution is 0.0696. The number of aromatic carboxylic acids is 1. The normalized spacial score (nSPS) is 12.1. The molecule has 0 aliphatic heterocycles. The average molecular weight is 374 g/mol. The molecule has 3 aromatic rings. The van der Waals surface area contributed by atoms with E-state index < -0.39 is 12.1 Å². The summed E-state index contributed by atoms with van der Waals surface area (Å²) in [5, 5.41) is 11.6. The van der Waals surface area contributed by atoms with Crippen LogP contribution in [0.25, 0.3) is 11.1 Å². The van der Waals surface area contributed by atoms with E-state index in [1.54, 1.807) is 0 Å². The summed E-state index contributed by atoms with van der Waals surface area (Å²) in [5.41, 5.74) is 5.20. The standard InChI is InChI=1S/C22H18N2O4/c25-21(26)14-9-10-23-15(11-14)12-24-22(27)28-13-20-18-7-3-1-5-16(18)17-6-2-4-8-19(17)20/h1-11,20H,12-13H2,(H,24,27)(H,25,26). The Bertz CT molecular complexity index is 1000. The van der Waals surface area contributed by atoms with E-state index in [9.17, 15) is 9.59 Å². The molecule has 6 nitrogen and oxygen atoms in total. The third-order valence-corrected chi connectivity index (χ3v) is 4.82. The molecule has 0 bridgehead atoms. The summed E-state index contributed by atoms with van der Waals surface area (Å²) in [6.45, 7) is 0.320. The van der Waals surface area contributed by atoms with Crippen LogP contribution >= 0.6 is 0 Å². The van der Waals surface area contributed by atoms with Crippen molar-refractivity contribution in [3.63, 3.8) is 0 Å². The molecule has 6 heteroatoms. The van der Waals surface area contributed by atoms with Crippen LogP contribution < -0.4 is 5.32 Å². The maximum absolute atomic E-state index is 12.1. The zero-order chi connectivity index (χ0) is 19.5. The van der Waals surface area contributed by atoms with Gasteiger partial charge >= 0.3 is 12.1 Å². The van der Waals surface area contributed by atoms with E-state index in [2.05, 4.69) is 34.6 Å². The van der Waals surface area contributed by atoms with Gasteiger partial charge in [0.05, 0.1) is 17.8 Å². The molecule has 1 aliphatic carbocycles. The lowest BCUT2D eigenvalue weighted by atomic mass is 9.98. The highest BCUT2D eigenvalue weighted by Gasteiger charge is 2.28. The number of hydrogen-bond acceptors (Lipinski definition) is 4. The van der Waals surface area contributed by atoms with E-state index in [1.807, 2.05) is 24.3 Å². The first-order valence-corrected chi connectivity index (χ1v) is 8.90. The molecule has 1 aliphatic rings. The molecule has 0 fully saturated rings. The molecule has 0 unspecified atom stereocenters. The molecule has 2 N–H and O–H groups in total. The minimum absolute atomic E-state index is 0.00777. The van der Waals surface area contributed by atoms with Gasteiger partial charge in [0.25, 0.3) is 0 Å². The lowest BCUT2D eigenvalue weighted by Gasteiger charge is -2.14. The van der Waals surface area contributed by atoms with Crippen molar-refractivity contribution in [3.8, 4) is 11.1 Å². The van der Waals surface area contributed by atoms with Gasteiger partial charge in [-0.1, -0.05) is 48.5 Å². The average Bonchev–Trinajstić information content (AvgIpc) is 3.05. The van der Waals surface area contributed by atoms with Crippen LogP contribution in [0.5, 0.6) is 0 Å². The first-order valence-electron chi connectivity index (χ1n) is 8.90. The summed E-state index contributed by atoms with van der Waals surface area (Å²) in [4.78, 5) is 27.2. The van der Waals surface area contributed by atoms with Crippen LogP contribution in [0.1, 0.15) is 33.1 Å². The molecule has 2 aromatic carbocycles. The molecule has 0 radical (unpaired) electrons. The highest BCUT2D eigenvalue weighted by molar-refractivity contribution is 5.87. The number of amides is 1. The van der Waals surface area contributed by atoms with E-state index in [4.69, 9.17) is 9.84 Å². The zero-order valence-corrected chi connectivity index (χ0v) is 15.0. The number of hydrogen-bond donors (Lipinski definition) is 2. The van der Waals surface area contributed by atoms with Gasteiger partial charge in [-0.25, -0.2) is 9.59 Å². The van der Waals surface area contributed by atoms with Crippen LogP contribution in [0.4, 0.5) is 4.79 Å². The third kappa shape index (κ3) is 3.44. The van der Waals surface area contributed by atoms with Gasteiger partial charge < -0.3 is 15.2 Å². The number of carboxylic acids is 1. The molecule has 4 rings (SSSR count). The molecular formula is C22H18N2O4. The highest BCUT2D eigenvalue weighted by atomic mass is 16.5. The van der Waals surface area contributed by atoms with Gasteiger partial charge in [0, 0.05) is 12.1 Å². The predicted molar refractivity (Wildman–Crippen MR) is 103 cm³/mol. The summed E-state index contributed by atoms with van der Waals surface area (Å²) < 4.78 is 5.44. The van der Waals surface area contributed by atoms with Crippen LogP contribution in [-0.4, -0.2) is 28.8 Å². The molecule has 0 saturated carbocycles. The largest absolute Gasteiger partial charge is 0.478 e. The van der Waals surface area contributed by atoms with Crippen molar-refractivity contribution < 1.29 is 19.4 Å². The van der Waals surface area contributed by atoms with Gasteiger partial charge in [0.2, 0.25) is 0 Å². The molecule has 0 spiro atoms. The van der Waals surface area contributed by atoms with E-state index in [0.717, 1.165) is 11.1 Å². The number of ether oxygens (including phenoxy) is 1. The third-order valence-electron chi connectivity index (χ3n) is 4.82. The maximum atomic E-state index is 12.1. The van der Waals surface area contributed by atoms with E-state index in [-0.39, 0.29) is 24.6 Å². The van der Waals surface area contributed by atoms with Crippen molar-refractivity contribution >= 4 is 12.1 Å². The van der Waals surface area contributed by atoms with Crippen LogP contribution in [0.15, 0.2) is 66.9 Å². The molecule has 140 valence electrons. The summed E-state index contributed by atoms with van der Waals surface area (Å²) in [5.74, 6) is -1.04. The number of carboxylic acid groups (broad SMARTS) is 1. The Morgan fingerprint density at radius 3 is 2.29 bits per heavy atom. The fraction of sp³-hybridized carbons (Fsp3) is 0.136. The van der Waals surface area contributed by atoms with Gasteiger partial charge in [-0.2, -0.15) is 0 Å². The zero-order valence-electron chi connectivity index (χ0n) is 15.0. The second-order valence-corrected chi connectivity index (χ2v) is 6.52. The molecule has 0 saturated heterocycles. The highest BCUT2D eigenvalue weighted by Crippen LogP contribution is 2.44. The Balaban J connectivity index is 1.40. The van der Waals surface area contributed by atoms with Crippen molar-refractivity contribution in [1.29, 1.82) is 0 Å². The second kappa shape index (κ2) is 7.52. The van der Waals surface area contributed by atoms with Crippen molar-refractivity contribution in [2.75, 3.05) is 6.61 Å². The van der Waals surface area contributed by atoms with Gasteiger partial charge in [0.1, 0.15) is 6.61 Å². The molecule has 28 heavy (non-hydrogen) atoms. The number of nitrogens with zero attached hydrogens (tertiary/aromatic N) is 1. The number of aromatic nitrogens is 1. The number of carbonyl (C=O) groups is 2. The van der Waals surface area contributed by atoms with Gasteiger partial charge in [-0.15, -0.1) is 0 Å². The number of fused-ring (bicyclic) bond motifs is 3. The summed E-state index contributed by atoms with van der Waals surface area (Å²) in [7, 11) is 0. The number of rotatable bonds is 5. The summed E-state index contributed by atoms with van der Waals surface area (Å²) in [6.07, 6.45) is 0.836. The molecule has 1 heterocycles. The molecule has 0 atom stereocenters. The number of pyridine rings is 1. The van der Waals surface area contributed by atoms with Crippen molar-refractivity contribution in [2.24, 2.45) is 0 Å². The molecule has 1 aromatic heterocycles. The first-order chi connectivity index (χ1) is 13.6. The molecular weight excluding hydrogens is 356 g/mol. The maximum Gasteiger partial charge on any atom is 0.407 e. The van der Waals surface area contributed by atoms with Crippen LogP contribution in [-0.2, 0) is 11.3 Å². The Kier molecular flexibility index (Phi) is 4.76. The topological polar surface area (TPSA) is 88.5 Å². The number of nitrogens with one attached hydrogen (secondary N) is 1. The van der Waals surface area contributed by atoms with Gasteiger partial charge in [-0.3, -0.25) is 4.98 Å². The lowest BCUT2D eigenvalue weighted by Crippen LogP contribution is -2.26. The Morgan fingerprint density at radius 2 is 1.64 bits per heavy atom. The predicted octanol–water partition coefficient (Wildman–Crippen LogP) is 3.82. The van der Waals surface area contributed by atoms with Crippen molar-refractivity contribution in [2.45, 2.75) is 12.5 Å². The number of benzene rings is 2. The van der Waals surface area contributed by atoms with E-state index in [1.165, 1.54) is 29.5 Å². The second-order valence-electron chi connectivity index (χ2n) is 6.52. The van der Waals surface area contributed by atoms with Crippen LogP contribution in [0, 0.1) is 0 Å². The Hall–Kier alpha value is -3.67. The number of carbonyl (C=O) groups excluding carboxylic acids is 1. The minimum atomic E-state index is -1.04. The summed E-state index contributed by atoms with van der Waals surface area (Å²) >= 11 is 0. The van der Waals surface area contributed by atoms with E-state index >= 15 is 0 Å².